The monoisotopic (exact) mass is 282 g/mol. The molecule has 1 N–H and O–H groups in total. The van der Waals surface area contributed by atoms with Crippen LogP contribution in [0, 0.1) is 5.92 Å². The summed E-state index contributed by atoms with van der Waals surface area (Å²) in [7, 11) is 0. The molecule has 0 saturated heterocycles. The van der Waals surface area contributed by atoms with Crippen molar-refractivity contribution in [3.05, 3.63) is 22.4 Å². The number of nitrogens with zero attached hydrogens (tertiary/aromatic N) is 1. The average molecular weight is 282 g/mol. The molecule has 1 atom stereocenters. The Morgan fingerprint density at radius 1 is 1.37 bits per heavy atom. The number of hydrogen-bond acceptors (Lipinski definition) is 3. The second-order valence-corrected chi connectivity index (χ2v) is 5.99. The molecule has 1 unspecified atom stereocenters. The van der Waals surface area contributed by atoms with E-state index in [4.69, 9.17) is 0 Å². The molecule has 0 saturated carbocycles. The quantitative estimate of drug-likeness (QED) is 0.793. The molecule has 0 spiro atoms. The topological polar surface area (TPSA) is 32.3 Å². The van der Waals surface area contributed by atoms with E-state index in [-0.39, 0.29) is 5.91 Å². The fraction of sp³-hybridized carbons (Fsp3) is 0.667. The van der Waals surface area contributed by atoms with Gasteiger partial charge in [0, 0.05) is 37.0 Å². The van der Waals surface area contributed by atoms with Gasteiger partial charge in [-0.15, -0.1) is 11.3 Å². The molecular weight excluding hydrogens is 256 g/mol. The van der Waals surface area contributed by atoms with Crippen molar-refractivity contribution in [3.8, 4) is 0 Å². The summed E-state index contributed by atoms with van der Waals surface area (Å²) >= 11 is 1.78. The normalized spacial score (nSPS) is 12.7. The number of thiophene rings is 1. The van der Waals surface area contributed by atoms with Crippen LogP contribution < -0.4 is 5.32 Å². The first-order chi connectivity index (χ1) is 9.10. The lowest BCUT2D eigenvalue weighted by molar-refractivity contribution is -0.130. The second kappa shape index (κ2) is 8.33. The summed E-state index contributed by atoms with van der Waals surface area (Å²) in [6.45, 7) is 10.8. The average Bonchev–Trinajstić information content (AvgIpc) is 2.89. The van der Waals surface area contributed by atoms with Crippen LogP contribution >= 0.6 is 11.3 Å². The third-order valence-electron chi connectivity index (χ3n) is 3.34. The van der Waals surface area contributed by atoms with E-state index in [1.54, 1.807) is 11.3 Å². The van der Waals surface area contributed by atoms with Crippen LogP contribution in [0.5, 0.6) is 0 Å². The Hall–Kier alpha value is -0.870. The molecule has 3 nitrogen and oxygen atoms in total. The molecule has 1 aromatic rings. The van der Waals surface area contributed by atoms with E-state index in [2.05, 4.69) is 36.7 Å². The summed E-state index contributed by atoms with van der Waals surface area (Å²) < 4.78 is 0. The zero-order valence-electron chi connectivity index (χ0n) is 12.5. The van der Waals surface area contributed by atoms with Crippen LogP contribution in [0.15, 0.2) is 17.5 Å². The first-order valence-electron chi connectivity index (χ1n) is 7.14. The number of nitrogens with one attached hydrogen (secondary N) is 1. The highest BCUT2D eigenvalue weighted by atomic mass is 32.1. The van der Waals surface area contributed by atoms with Gasteiger partial charge in [0.15, 0.2) is 0 Å². The van der Waals surface area contributed by atoms with Crippen LogP contribution in [0.2, 0.25) is 0 Å². The molecule has 108 valence electrons. The lowest BCUT2D eigenvalue weighted by Crippen LogP contribution is -2.34. The van der Waals surface area contributed by atoms with Crippen LogP contribution in [0.4, 0.5) is 0 Å². The molecule has 1 aromatic heterocycles. The molecule has 1 rings (SSSR count). The Kier molecular flexibility index (Phi) is 7.10. The van der Waals surface area contributed by atoms with Crippen molar-refractivity contribution < 1.29 is 4.79 Å². The van der Waals surface area contributed by atoms with Gasteiger partial charge in [0.25, 0.3) is 0 Å². The molecule has 0 aliphatic heterocycles. The smallest absolute Gasteiger partial charge is 0.223 e. The third-order valence-corrected chi connectivity index (χ3v) is 4.29. The van der Waals surface area contributed by atoms with Gasteiger partial charge in [0.2, 0.25) is 5.91 Å². The fourth-order valence-corrected chi connectivity index (χ4v) is 3.18. The van der Waals surface area contributed by atoms with Gasteiger partial charge in [0.05, 0.1) is 0 Å². The molecule has 1 heterocycles. The Morgan fingerprint density at radius 2 is 2.05 bits per heavy atom. The van der Waals surface area contributed by atoms with Crippen LogP contribution in [0.1, 0.15) is 45.0 Å². The highest BCUT2D eigenvalue weighted by Crippen LogP contribution is 2.25. The molecule has 0 bridgehead atoms. The maximum absolute atomic E-state index is 11.9. The molecular formula is C15H26N2OS. The van der Waals surface area contributed by atoms with Crippen molar-refractivity contribution in [2.75, 3.05) is 19.6 Å². The van der Waals surface area contributed by atoms with Crippen molar-refractivity contribution >= 4 is 17.2 Å². The number of rotatable bonds is 8. The van der Waals surface area contributed by atoms with Gasteiger partial charge < -0.3 is 10.2 Å². The molecule has 0 radical (unpaired) electrons. The maximum atomic E-state index is 11.9. The summed E-state index contributed by atoms with van der Waals surface area (Å²) in [5.41, 5.74) is 0. The highest BCUT2D eigenvalue weighted by Gasteiger charge is 2.17. The summed E-state index contributed by atoms with van der Waals surface area (Å²) in [5.74, 6) is 0.772. The Balaban J connectivity index is 2.44. The van der Waals surface area contributed by atoms with Gasteiger partial charge in [-0.25, -0.2) is 0 Å². The highest BCUT2D eigenvalue weighted by molar-refractivity contribution is 7.10. The zero-order chi connectivity index (χ0) is 14.3. The Labute approximate surface area is 121 Å². The molecule has 4 heteroatoms. The largest absolute Gasteiger partial charge is 0.343 e. The zero-order valence-corrected chi connectivity index (χ0v) is 13.3. The minimum atomic E-state index is 0.242. The standard InChI is InChI=1S/C15H26N2OS/c1-5-17(6-2)14(18)9-10-16-15(12(3)4)13-8-7-11-19-13/h7-8,11-12,15-16H,5-6,9-10H2,1-4H3. The van der Waals surface area contributed by atoms with Crippen molar-refractivity contribution in [1.29, 1.82) is 0 Å². The minimum absolute atomic E-state index is 0.242. The molecule has 0 aliphatic carbocycles. The van der Waals surface area contributed by atoms with Gasteiger partial charge >= 0.3 is 0 Å². The van der Waals surface area contributed by atoms with Crippen molar-refractivity contribution in [1.82, 2.24) is 10.2 Å². The maximum Gasteiger partial charge on any atom is 0.223 e. The summed E-state index contributed by atoms with van der Waals surface area (Å²) in [5, 5.41) is 5.62. The minimum Gasteiger partial charge on any atom is -0.343 e. The lowest BCUT2D eigenvalue weighted by atomic mass is 10.0. The predicted octanol–water partition coefficient (Wildman–Crippen LogP) is 3.29. The third kappa shape index (κ3) is 4.96. The van der Waals surface area contributed by atoms with E-state index in [9.17, 15) is 4.79 Å². The molecule has 19 heavy (non-hydrogen) atoms. The second-order valence-electron chi connectivity index (χ2n) is 5.01. The van der Waals surface area contributed by atoms with E-state index in [1.165, 1.54) is 4.88 Å². The summed E-state index contributed by atoms with van der Waals surface area (Å²) in [6.07, 6.45) is 0.580. The molecule has 0 fully saturated rings. The van der Waals surface area contributed by atoms with E-state index >= 15 is 0 Å². The molecule has 1 amide bonds. The number of carbonyl (C=O) groups is 1. The van der Waals surface area contributed by atoms with Gasteiger partial charge in [-0.3, -0.25) is 4.79 Å². The van der Waals surface area contributed by atoms with Gasteiger partial charge in [-0.05, 0) is 31.2 Å². The van der Waals surface area contributed by atoms with E-state index in [0.717, 1.165) is 19.6 Å². The first kappa shape index (κ1) is 16.2. The van der Waals surface area contributed by atoms with Crippen LogP contribution in [-0.4, -0.2) is 30.4 Å². The Bertz CT molecular complexity index is 358. The van der Waals surface area contributed by atoms with Crippen LogP contribution in [0.3, 0.4) is 0 Å². The van der Waals surface area contributed by atoms with Crippen LogP contribution in [-0.2, 0) is 4.79 Å². The Morgan fingerprint density at radius 3 is 2.53 bits per heavy atom. The van der Waals surface area contributed by atoms with Gasteiger partial charge in [0.1, 0.15) is 0 Å². The molecule has 0 aromatic carbocycles. The first-order valence-corrected chi connectivity index (χ1v) is 8.02. The SMILES string of the molecule is CCN(CC)C(=O)CCNC(c1cccs1)C(C)C. The predicted molar refractivity (Wildman–Crippen MR) is 82.4 cm³/mol. The van der Waals surface area contributed by atoms with Crippen molar-refractivity contribution in [3.63, 3.8) is 0 Å². The molecule has 0 aliphatic rings. The van der Waals surface area contributed by atoms with Crippen LogP contribution in [0.25, 0.3) is 0 Å². The number of hydrogen-bond donors (Lipinski definition) is 1. The lowest BCUT2D eigenvalue weighted by Gasteiger charge is -2.23. The fourth-order valence-electron chi connectivity index (χ4n) is 2.20. The van der Waals surface area contributed by atoms with E-state index < -0.39 is 0 Å². The van der Waals surface area contributed by atoms with E-state index in [0.29, 0.717) is 18.4 Å². The number of amides is 1. The van der Waals surface area contributed by atoms with Crippen molar-refractivity contribution in [2.24, 2.45) is 5.92 Å². The summed E-state index contributed by atoms with van der Waals surface area (Å²) in [6, 6.07) is 4.59. The van der Waals surface area contributed by atoms with Gasteiger partial charge in [-0.1, -0.05) is 19.9 Å². The number of carbonyl (C=O) groups excluding carboxylic acids is 1. The summed E-state index contributed by atoms with van der Waals surface area (Å²) in [4.78, 5) is 15.2. The van der Waals surface area contributed by atoms with E-state index in [1.807, 2.05) is 18.7 Å². The van der Waals surface area contributed by atoms with Crippen molar-refractivity contribution in [2.45, 2.75) is 40.2 Å². The van der Waals surface area contributed by atoms with Gasteiger partial charge in [-0.2, -0.15) is 0 Å².